The molecule has 5 nitrogen and oxygen atoms in total. The zero-order chi connectivity index (χ0) is 50.1. The smallest absolute Gasteiger partial charge is 0.457 e. The van der Waals surface area contributed by atoms with E-state index in [2.05, 4.69) is 268 Å². The van der Waals surface area contributed by atoms with E-state index in [1.807, 2.05) is 12.3 Å². The monoisotopic (exact) mass is 954 g/mol. The summed E-state index contributed by atoms with van der Waals surface area (Å²) in [6, 6.07) is 81.6. The summed E-state index contributed by atoms with van der Waals surface area (Å²) in [7, 11) is 0. The van der Waals surface area contributed by atoms with Crippen LogP contribution < -0.4 is 13.9 Å². The summed E-state index contributed by atoms with van der Waals surface area (Å²) < 4.78 is 13.8. The highest BCUT2D eigenvalue weighted by Gasteiger charge is 2.59. The van der Waals surface area contributed by atoms with Gasteiger partial charge in [0.05, 0.1) is 33.6 Å². The number of fused-ring (bicyclic) bond motifs is 12. The van der Waals surface area contributed by atoms with Crippen molar-refractivity contribution in [2.75, 3.05) is 0 Å². The highest BCUT2D eigenvalue weighted by molar-refractivity contribution is 6.09. The Morgan fingerprint density at radius 2 is 1.07 bits per heavy atom. The zero-order valence-electron chi connectivity index (χ0n) is 42.5. The topological polar surface area (TPSA) is 33.1 Å². The van der Waals surface area contributed by atoms with E-state index in [9.17, 15) is 0 Å². The third-order valence-corrected chi connectivity index (χ3v) is 15.7. The molecule has 0 atom stereocenters. The summed E-state index contributed by atoms with van der Waals surface area (Å²) in [5.41, 5.74) is 20.6. The summed E-state index contributed by atoms with van der Waals surface area (Å²) in [4.78, 5) is 4.92. The van der Waals surface area contributed by atoms with Gasteiger partial charge in [0.1, 0.15) is 17.3 Å². The van der Waals surface area contributed by atoms with Crippen molar-refractivity contribution in [3.05, 3.63) is 252 Å². The van der Waals surface area contributed by atoms with Crippen molar-refractivity contribution in [3.63, 3.8) is 0 Å². The fourth-order valence-corrected chi connectivity index (χ4v) is 12.2. The maximum atomic E-state index is 6.90. The molecule has 1 spiro atoms. The second-order valence-electron chi connectivity index (χ2n) is 22.2. The number of hydrogen-bond acceptors (Lipinski definition) is 2. The molecule has 9 aromatic carbocycles. The lowest BCUT2D eigenvalue weighted by molar-refractivity contribution is 0.483. The largest absolute Gasteiger partial charge is 0.503 e. The normalized spacial score (nSPS) is 13.9. The first kappa shape index (κ1) is 43.9. The van der Waals surface area contributed by atoms with Gasteiger partial charge in [-0.25, -0.2) is 4.98 Å². The van der Waals surface area contributed by atoms with Crippen LogP contribution in [0.1, 0.15) is 74.9 Å². The second kappa shape index (κ2) is 16.1. The predicted octanol–water partition coefficient (Wildman–Crippen LogP) is 17.4. The lowest BCUT2D eigenvalue weighted by atomic mass is 9.64. The van der Waals surface area contributed by atoms with Crippen molar-refractivity contribution in [2.24, 2.45) is 0 Å². The van der Waals surface area contributed by atoms with E-state index in [0.29, 0.717) is 0 Å². The standard InChI is InChI=1S/C69H54N4O/c1-67(2,3)47-35-36-70-64(40-47)73-61-31-15-12-25-55(61)56-34-33-51(42-63(56)73)74-50-22-16-21-49(41-50)71-43-72-65-52(46-37-45(44-19-8-7-9-20-44)38-48(39-46)68(4,5)6)26-17-29-59(65)69(60-30-18-32-62(71)66(60)72)57-27-13-10-23-53(57)54-24-11-14-28-58(54)69/h7-42H,1-6H3/q+2. The summed E-state index contributed by atoms with van der Waals surface area (Å²) in [5.74, 6) is 2.36. The molecule has 0 N–H and O–H groups in total. The molecule has 1 aliphatic carbocycles. The first-order valence-electron chi connectivity index (χ1n) is 25.8. The first-order chi connectivity index (χ1) is 35.9. The molecule has 74 heavy (non-hydrogen) atoms. The van der Waals surface area contributed by atoms with Gasteiger partial charge in [0.25, 0.3) is 5.69 Å². The Kier molecular flexibility index (Phi) is 9.52. The van der Waals surface area contributed by atoms with E-state index < -0.39 is 5.41 Å². The van der Waals surface area contributed by atoms with Crippen LogP contribution in [0.2, 0.25) is 0 Å². The molecule has 4 heterocycles. The number of benzene rings is 9. The van der Waals surface area contributed by atoms with Crippen molar-refractivity contribution in [1.29, 1.82) is 0 Å². The Morgan fingerprint density at radius 1 is 0.446 bits per heavy atom. The van der Waals surface area contributed by atoms with Crippen LogP contribution in [0.5, 0.6) is 11.5 Å². The lowest BCUT2D eigenvalue weighted by Gasteiger charge is -2.36. The minimum Gasteiger partial charge on any atom is -0.457 e. The Bertz CT molecular complexity index is 4190. The van der Waals surface area contributed by atoms with Gasteiger partial charge in [0.2, 0.25) is 11.4 Å². The molecule has 0 saturated carbocycles. The number of ether oxygens (including phenoxy) is 1. The fourth-order valence-electron chi connectivity index (χ4n) is 12.2. The van der Waals surface area contributed by atoms with E-state index in [-0.39, 0.29) is 10.8 Å². The van der Waals surface area contributed by atoms with Gasteiger partial charge in [-0.05, 0) is 119 Å². The number of pyridine rings is 1. The molecule has 0 radical (unpaired) electrons. The summed E-state index contributed by atoms with van der Waals surface area (Å²) in [6.45, 7) is 13.7. The number of hydrogen-bond donors (Lipinski definition) is 0. The molecule has 2 aliphatic heterocycles. The molecule has 2 aromatic heterocycles. The Morgan fingerprint density at radius 3 is 1.84 bits per heavy atom. The molecule has 3 aliphatic rings. The highest BCUT2D eigenvalue weighted by atomic mass is 16.5. The lowest BCUT2D eigenvalue weighted by Crippen LogP contribution is -2.34. The number of aromatic nitrogens is 2. The number of para-hydroxylation sites is 3. The van der Waals surface area contributed by atoms with Gasteiger partial charge in [-0.2, -0.15) is 0 Å². The fraction of sp³-hybridized carbons (Fsp3) is 0.130. The average Bonchev–Trinajstić information content (AvgIpc) is 4.08. The van der Waals surface area contributed by atoms with E-state index in [1.165, 1.54) is 66.6 Å². The van der Waals surface area contributed by atoms with Crippen LogP contribution in [0.25, 0.3) is 61.0 Å². The molecule has 11 aromatic rings. The van der Waals surface area contributed by atoms with Gasteiger partial charge < -0.3 is 4.74 Å². The zero-order valence-corrected chi connectivity index (χ0v) is 42.5. The van der Waals surface area contributed by atoms with Crippen LogP contribution >= 0.6 is 0 Å². The average molecular weight is 955 g/mol. The molecule has 14 rings (SSSR count). The van der Waals surface area contributed by atoms with E-state index in [1.54, 1.807) is 0 Å². The molecule has 0 saturated heterocycles. The minimum atomic E-state index is -0.600. The third kappa shape index (κ3) is 6.53. The van der Waals surface area contributed by atoms with Crippen LogP contribution in [-0.2, 0) is 16.2 Å². The van der Waals surface area contributed by atoms with Crippen LogP contribution in [-0.4, -0.2) is 15.6 Å². The highest BCUT2D eigenvalue weighted by Crippen LogP contribution is 2.64. The van der Waals surface area contributed by atoms with Gasteiger partial charge in [-0.15, -0.1) is 0 Å². The van der Waals surface area contributed by atoms with E-state index in [0.717, 1.165) is 62.0 Å². The summed E-state index contributed by atoms with van der Waals surface area (Å²) in [6.07, 6.45) is 1.93. The maximum Gasteiger partial charge on any atom is 0.503 e. The van der Waals surface area contributed by atoms with Gasteiger partial charge in [0.15, 0.2) is 0 Å². The first-order valence-corrected chi connectivity index (χ1v) is 25.8. The van der Waals surface area contributed by atoms with Crippen LogP contribution in [0.3, 0.4) is 0 Å². The number of rotatable bonds is 6. The molecule has 0 amide bonds. The van der Waals surface area contributed by atoms with Gasteiger partial charge in [-0.1, -0.05) is 181 Å². The molecule has 0 unspecified atom stereocenters. The maximum absolute atomic E-state index is 6.90. The van der Waals surface area contributed by atoms with Gasteiger partial charge in [0, 0.05) is 40.7 Å². The van der Waals surface area contributed by atoms with Gasteiger partial charge >= 0.3 is 11.7 Å². The Balaban J connectivity index is 0.965. The molecule has 5 heteroatoms. The van der Waals surface area contributed by atoms with Crippen LogP contribution in [0.15, 0.2) is 219 Å². The van der Waals surface area contributed by atoms with Crippen molar-refractivity contribution in [1.82, 2.24) is 18.7 Å². The quantitative estimate of drug-likeness (QED) is 0.156. The Hall–Kier alpha value is -8.89. The van der Waals surface area contributed by atoms with Crippen molar-refractivity contribution in [3.8, 4) is 50.7 Å². The summed E-state index contributed by atoms with van der Waals surface area (Å²) in [5, 5.41) is 2.32. The van der Waals surface area contributed by atoms with Crippen molar-refractivity contribution in [2.45, 2.75) is 57.8 Å². The van der Waals surface area contributed by atoms with E-state index in [4.69, 9.17) is 9.72 Å². The number of nitrogens with zero attached hydrogens (tertiary/aromatic N) is 4. The van der Waals surface area contributed by atoms with Crippen molar-refractivity contribution >= 4 is 50.6 Å². The molecule has 0 bridgehead atoms. The predicted molar refractivity (Wildman–Crippen MR) is 305 cm³/mol. The van der Waals surface area contributed by atoms with Crippen molar-refractivity contribution < 1.29 is 4.74 Å². The summed E-state index contributed by atoms with van der Waals surface area (Å²) >= 11 is 0. The van der Waals surface area contributed by atoms with Crippen LogP contribution in [0, 0.1) is 0 Å². The van der Waals surface area contributed by atoms with E-state index >= 15 is 0 Å². The molecule has 0 fully saturated rings. The van der Waals surface area contributed by atoms with Gasteiger partial charge in [-0.3, -0.25) is 4.57 Å². The molecular weight excluding hydrogens is 901 g/mol. The molecule has 354 valence electrons. The Labute approximate surface area is 432 Å². The third-order valence-electron chi connectivity index (χ3n) is 15.7. The second-order valence-corrected chi connectivity index (χ2v) is 22.2. The SMILES string of the molecule is CC(C)(C)c1cc(-c2ccccc2)cc(-c2cccc3c2[N+]2=C=[N+](c4cccc(Oc5ccc6c7ccccc7n(-c7cc(C(C)(C)C)ccn7)c6c5)c4)c4cccc(c42)C32c3ccccc3-c3ccccc32)c1. The molecular formula is C69H54N4O+2. The minimum absolute atomic E-state index is 0.0259. The van der Waals surface area contributed by atoms with Crippen LogP contribution in [0.4, 0.5) is 22.7 Å².